The summed E-state index contributed by atoms with van der Waals surface area (Å²) in [5.41, 5.74) is 4.45. The summed E-state index contributed by atoms with van der Waals surface area (Å²) in [5.74, 6) is -2.25. The van der Waals surface area contributed by atoms with Gasteiger partial charge in [0.25, 0.3) is 0 Å². The van der Waals surface area contributed by atoms with E-state index in [0.717, 1.165) is 6.07 Å². The van der Waals surface area contributed by atoms with E-state index in [1.54, 1.807) is 0 Å². The first kappa shape index (κ1) is 12.4. The van der Waals surface area contributed by atoms with Gasteiger partial charge >= 0.3 is 6.09 Å². The molecule has 0 aliphatic rings. The molecule has 6 heteroatoms. The Morgan fingerprint density at radius 1 is 1.50 bits per heavy atom. The molecule has 4 nitrogen and oxygen atoms in total. The number of carbonyl (C=O) groups is 1. The van der Waals surface area contributed by atoms with Gasteiger partial charge in [-0.1, -0.05) is 12.1 Å². The highest BCUT2D eigenvalue weighted by Gasteiger charge is 2.23. The number of aliphatic hydroxyl groups excluding tert-OH is 1. The summed E-state index contributed by atoms with van der Waals surface area (Å²) in [7, 11) is 0. The van der Waals surface area contributed by atoms with Crippen molar-refractivity contribution < 1.29 is 23.4 Å². The lowest BCUT2D eigenvalue weighted by Gasteiger charge is -2.19. The number of carbonyl (C=O) groups excluding carboxylic acids is 1. The number of hydrogen-bond donors (Lipinski definition) is 2. The molecular weight excluding hydrogens is 220 g/mol. The van der Waals surface area contributed by atoms with Crippen LogP contribution in [0.15, 0.2) is 18.2 Å². The van der Waals surface area contributed by atoms with Crippen LogP contribution in [0.25, 0.3) is 0 Å². The first-order valence-electron chi connectivity index (χ1n) is 4.51. The van der Waals surface area contributed by atoms with E-state index >= 15 is 0 Å². The lowest BCUT2D eigenvalue weighted by molar-refractivity contribution is 0.0137. The Kier molecular flexibility index (Phi) is 3.78. The normalized spacial score (nSPS) is 14.2. The number of rotatable bonds is 3. The predicted molar refractivity (Wildman–Crippen MR) is 51.4 cm³/mol. The summed E-state index contributed by atoms with van der Waals surface area (Å²) < 4.78 is 30.6. The number of ether oxygens (including phenoxy) is 1. The number of primary amides is 1. The van der Waals surface area contributed by atoms with Crippen molar-refractivity contribution in [3.05, 3.63) is 35.4 Å². The number of amides is 1. The zero-order valence-electron chi connectivity index (χ0n) is 8.48. The van der Waals surface area contributed by atoms with Crippen molar-refractivity contribution in [2.45, 2.75) is 19.1 Å². The monoisotopic (exact) mass is 231 g/mol. The van der Waals surface area contributed by atoms with Crippen molar-refractivity contribution in [3.63, 3.8) is 0 Å². The summed E-state index contributed by atoms with van der Waals surface area (Å²) in [6, 6.07) is 3.36. The molecule has 88 valence electrons. The molecule has 0 aliphatic heterocycles. The average molecular weight is 231 g/mol. The van der Waals surface area contributed by atoms with Gasteiger partial charge in [-0.3, -0.25) is 0 Å². The Bertz CT molecular complexity index is 398. The maximum atomic E-state index is 13.2. The zero-order chi connectivity index (χ0) is 12.3. The highest BCUT2D eigenvalue weighted by molar-refractivity contribution is 5.64. The van der Waals surface area contributed by atoms with Crippen LogP contribution in [-0.4, -0.2) is 17.3 Å². The third kappa shape index (κ3) is 2.66. The van der Waals surface area contributed by atoms with Crippen molar-refractivity contribution in [2.75, 3.05) is 0 Å². The van der Waals surface area contributed by atoms with Gasteiger partial charge in [0.2, 0.25) is 0 Å². The second-order valence-electron chi connectivity index (χ2n) is 3.23. The molecule has 0 aliphatic carbocycles. The molecule has 16 heavy (non-hydrogen) atoms. The molecule has 1 amide bonds. The molecule has 0 radical (unpaired) electrons. The summed E-state index contributed by atoms with van der Waals surface area (Å²) in [6.45, 7) is 1.32. The van der Waals surface area contributed by atoms with Gasteiger partial charge in [-0.25, -0.2) is 13.6 Å². The Labute approximate surface area is 90.6 Å². The van der Waals surface area contributed by atoms with Gasteiger partial charge in [-0.05, 0) is 13.0 Å². The Morgan fingerprint density at radius 2 is 2.12 bits per heavy atom. The van der Waals surface area contributed by atoms with Gasteiger partial charge in [0.1, 0.15) is 12.2 Å². The quantitative estimate of drug-likeness (QED) is 0.827. The van der Waals surface area contributed by atoms with E-state index in [4.69, 9.17) is 5.73 Å². The van der Waals surface area contributed by atoms with Gasteiger partial charge in [0.15, 0.2) is 11.6 Å². The minimum Gasteiger partial charge on any atom is -0.444 e. The molecule has 1 aromatic carbocycles. The molecule has 1 rings (SSSR count). The van der Waals surface area contributed by atoms with E-state index in [9.17, 15) is 18.7 Å². The summed E-state index contributed by atoms with van der Waals surface area (Å²) in [6.07, 6.45) is -3.62. The van der Waals surface area contributed by atoms with Gasteiger partial charge in [-0.2, -0.15) is 0 Å². The Hall–Kier alpha value is -1.69. The molecule has 0 saturated carbocycles. The molecule has 0 unspecified atom stereocenters. The first-order valence-corrected chi connectivity index (χ1v) is 4.51. The van der Waals surface area contributed by atoms with Gasteiger partial charge < -0.3 is 15.6 Å². The lowest BCUT2D eigenvalue weighted by Crippen LogP contribution is -2.26. The molecule has 0 saturated heterocycles. The average Bonchev–Trinajstić information content (AvgIpc) is 2.20. The first-order chi connectivity index (χ1) is 7.43. The topological polar surface area (TPSA) is 72.5 Å². The molecular formula is C10H11F2NO3. The zero-order valence-corrected chi connectivity index (χ0v) is 8.48. The second kappa shape index (κ2) is 4.89. The maximum absolute atomic E-state index is 13.2. The molecule has 0 spiro atoms. The maximum Gasteiger partial charge on any atom is 0.404 e. The number of nitrogens with two attached hydrogens (primary N) is 1. The number of aliphatic hydroxyl groups is 1. The van der Waals surface area contributed by atoms with Crippen LogP contribution in [0.2, 0.25) is 0 Å². The van der Waals surface area contributed by atoms with Crippen LogP contribution in [0.5, 0.6) is 0 Å². The largest absolute Gasteiger partial charge is 0.444 e. The van der Waals surface area contributed by atoms with E-state index in [2.05, 4.69) is 4.74 Å². The highest BCUT2D eigenvalue weighted by Crippen LogP contribution is 2.23. The minimum atomic E-state index is -1.47. The summed E-state index contributed by atoms with van der Waals surface area (Å²) in [4.78, 5) is 10.4. The number of hydrogen-bond acceptors (Lipinski definition) is 3. The minimum absolute atomic E-state index is 0.284. The van der Waals surface area contributed by atoms with E-state index in [0.29, 0.717) is 0 Å². The molecule has 0 fully saturated rings. The fourth-order valence-corrected chi connectivity index (χ4v) is 1.25. The van der Waals surface area contributed by atoms with Crippen LogP contribution < -0.4 is 5.73 Å². The van der Waals surface area contributed by atoms with Gasteiger partial charge in [0.05, 0.1) is 0 Å². The summed E-state index contributed by atoms with van der Waals surface area (Å²) >= 11 is 0. The van der Waals surface area contributed by atoms with E-state index in [1.165, 1.54) is 19.1 Å². The van der Waals surface area contributed by atoms with Crippen LogP contribution in [0.1, 0.15) is 18.6 Å². The predicted octanol–water partition coefficient (Wildman–Crippen LogP) is 1.48. The standard InChI is InChI=1S/C10H11F2NO3/c1-5(16-10(13)15)9(14)6-3-2-4-7(11)8(6)12/h2-5,9,14H,1H3,(H2,13,15)/t5-,9+/m0/s1. The molecule has 2 atom stereocenters. The van der Waals surface area contributed by atoms with Crippen molar-refractivity contribution in [1.82, 2.24) is 0 Å². The third-order valence-corrected chi connectivity index (χ3v) is 2.05. The van der Waals surface area contributed by atoms with E-state index in [-0.39, 0.29) is 5.56 Å². The SMILES string of the molecule is C[C@H](OC(N)=O)[C@@H](O)c1cccc(F)c1F. The molecule has 0 aromatic heterocycles. The fourth-order valence-electron chi connectivity index (χ4n) is 1.25. The van der Waals surface area contributed by atoms with E-state index in [1.807, 2.05) is 0 Å². The number of benzene rings is 1. The van der Waals surface area contributed by atoms with Gasteiger partial charge in [-0.15, -0.1) is 0 Å². The van der Waals surface area contributed by atoms with Crippen molar-refractivity contribution in [1.29, 1.82) is 0 Å². The molecule has 0 bridgehead atoms. The molecule has 1 aromatic rings. The smallest absolute Gasteiger partial charge is 0.404 e. The summed E-state index contributed by atoms with van der Waals surface area (Å²) in [5, 5.41) is 9.60. The van der Waals surface area contributed by atoms with Crippen LogP contribution in [0, 0.1) is 11.6 Å². The Balaban J connectivity index is 2.91. The highest BCUT2D eigenvalue weighted by atomic mass is 19.2. The van der Waals surface area contributed by atoms with E-state index < -0.39 is 29.9 Å². The van der Waals surface area contributed by atoms with Crippen LogP contribution in [-0.2, 0) is 4.74 Å². The molecule has 3 N–H and O–H groups in total. The van der Waals surface area contributed by atoms with Crippen molar-refractivity contribution >= 4 is 6.09 Å². The number of halogens is 2. The second-order valence-corrected chi connectivity index (χ2v) is 3.23. The molecule has 0 heterocycles. The van der Waals surface area contributed by atoms with Crippen LogP contribution in [0.3, 0.4) is 0 Å². The van der Waals surface area contributed by atoms with Crippen LogP contribution in [0.4, 0.5) is 13.6 Å². The van der Waals surface area contributed by atoms with Gasteiger partial charge in [0, 0.05) is 5.56 Å². The fraction of sp³-hybridized carbons (Fsp3) is 0.300. The lowest BCUT2D eigenvalue weighted by atomic mass is 10.0. The van der Waals surface area contributed by atoms with Crippen molar-refractivity contribution in [2.24, 2.45) is 5.73 Å². The third-order valence-electron chi connectivity index (χ3n) is 2.05. The van der Waals surface area contributed by atoms with Crippen LogP contribution >= 0.6 is 0 Å². The van der Waals surface area contributed by atoms with Crippen molar-refractivity contribution in [3.8, 4) is 0 Å². The Morgan fingerprint density at radius 3 is 2.69 bits per heavy atom.